The Kier molecular flexibility index (Phi) is 3.40. The van der Waals surface area contributed by atoms with Crippen molar-refractivity contribution in [3.05, 3.63) is 47.5 Å². The number of benzene rings is 2. The standard InChI is InChI=1S/C16H16N2O.ClH/c1-10-12-6-2-4-11-5-3-7-13(14(11)12)15(19-10)16-17-8-9-18-16;/h2-7,10,15H,8-9H2,1H3,(H,17,18);1H. The lowest BCUT2D eigenvalue weighted by Gasteiger charge is -2.31. The van der Waals surface area contributed by atoms with E-state index < -0.39 is 0 Å². The maximum absolute atomic E-state index is 6.19. The number of nitrogens with zero attached hydrogens (tertiary/aromatic N) is 1. The fourth-order valence-electron chi connectivity index (χ4n) is 3.11. The van der Waals surface area contributed by atoms with Gasteiger partial charge in [0, 0.05) is 6.54 Å². The predicted octanol–water partition coefficient (Wildman–Crippen LogP) is 3.40. The Hall–Kier alpha value is -1.58. The van der Waals surface area contributed by atoms with Crippen LogP contribution < -0.4 is 5.32 Å². The maximum Gasteiger partial charge on any atom is 0.141 e. The van der Waals surface area contributed by atoms with Crippen molar-refractivity contribution in [3.8, 4) is 0 Å². The van der Waals surface area contributed by atoms with Gasteiger partial charge in [-0.15, -0.1) is 12.4 Å². The zero-order chi connectivity index (χ0) is 12.8. The summed E-state index contributed by atoms with van der Waals surface area (Å²) in [7, 11) is 0. The van der Waals surface area contributed by atoms with Gasteiger partial charge in [0.25, 0.3) is 0 Å². The molecule has 0 bridgehead atoms. The van der Waals surface area contributed by atoms with E-state index in [0.717, 1.165) is 18.9 Å². The third kappa shape index (κ3) is 1.89. The Morgan fingerprint density at radius 3 is 2.60 bits per heavy atom. The smallest absolute Gasteiger partial charge is 0.141 e. The van der Waals surface area contributed by atoms with Crippen LogP contribution in [0.4, 0.5) is 0 Å². The monoisotopic (exact) mass is 288 g/mol. The fraction of sp³-hybridized carbons (Fsp3) is 0.312. The van der Waals surface area contributed by atoms with Gasteiger partial charge in [-0.2, -0.15) is 0 Å². The number of rotatable bonds is 1. The largest absolute Gasteiger partial charge is 0.369 e. The third-order valence-corrected chi connectivity index (χ3v) is 3.98. The van der Waals surface area contributed by atoms with Gasteiger partial charge in [-0.05, 0) is 28.8 Å². The first-order chi connectivity index (χ1) is 9.34. The number of aliphatic imine (C=N–C) groups is 1. The Balaban J connectivity index is 0.00000121. The predicted molar refractivity (Wildman–Crippen MR) is 83.7 cm³/mol. The number of halogens is 1. The van der Waals surface area contributed by atoms with Crippen molar-refractivity contribution in [3.63, 3.8) is 0 Å². The SMILES string of the molecule is CC1OC(C2=NCCN2)c2cccc3cccc1c23.Cl. The van der Waals surface area contributed by atoms with Crippen LogP contribution in [0.2, 0.25) is 0 Å². The van der Waals surface area contributed by atoms with Crippen molar-refractivity contribution < 1.29 is 4.74 Å². The first-order valence-electron chi connectivity index (χ1n) is 6.80. The molecule has 0 fully saturated rings. The molecule has 2 aromatic rings. The molecule has 4 rings (SSSR count). The lowest BCUT2D eigenvalue weighted by atomic mass is 9.90. The van der Waals surface area contributed by atoms with E-state index in [1.807, 2.05) is 0 Å². The molecular formula is C16H17ClN2O. The van der Waals surface area contributed by atoms with Gasteiger partial charge in [-0.25, -0.2) is 0 Å². The number of amidine groups is 1. The van der Waals surface area contributed by atoms with Gasteiger partial charge in [0.15, 0.2) is 0 Å². The van der Waals surface area contributed by atoms with E-state index in [9.17, 15) is 0 Å². The quantitative estimate of drug-likeness (QED) is 0.872. The second-order valence-electron chi connectivity index (χ2n) is 5.14. The Labute approximate surface area is 124 Å². The number of hydrogen-bond donors (Lipinski definition) is 1. The highest BCUT2D eigenvalue weighted by molar-refractivity contribution is 5.97. The van der Waals surface area contributed by atoms with E-state index in [4.69, 9.17) is 4.74 Å². The van der Waals surface area contributed by atoms with Crippen LogP contribution in [0.3, 0.4) is 0 Å². The summed E-state index contributed by atoms with van der Waals surface area (Å²) in [5.74, 6) is 0.980. The first-order valence-corrected chi connectivity index (χ1v) is 6.80. The molecule has 2 heterocycles. The van der Waals surface area contributed by atoms with Crippen molar-refractivity contribution in [2.75, 3.05) is 13.1 Å². The molecule has 0 aromatic heterocycles. The molecule has 0 saturated carbocycles. The first kappa shape index (κ1) is 13.4. The summed E-state index contributed by atoms with van der Waals surface area (Å²) in [5, 5.41) is 5.97. The molecule has 0 radical (unpaired) electrons. The summed E-state index contributed by atoms with van der Waals surface area (Å²) in [6.45, 7) is 3.88. The molecule has 20 heavy (non-hydrogen) atoms. The van der Waals surface area contributed by atoms with E-state index in [2.05, 4.69) is 53.6 Å². The molecule has 1 N–H and O–H groups in total. The summed E-state index contributed by atoms with van der Waals surface area (Å²) < 4.78 is 6.19. The molecule has 0 aliphatic carbocycles. The van der Waals surface area contributed by atoms with Gasteiger partial charge < -0.3 is 10.1 Å². The number of ether oxygens (including phenoxy) is 1. The van der Waals surface area contributed by atoms with Crippen molar-refractivity contribution in [1.29, 1.82) is 0 Å². The number of hydrogen-bond acceptors (Lipinski definition) is 3. The zero-order valence-electron chi connectivity index (χ0n) is 11.3. The summed E-state index contributed by atoms with van der Waals surface area (Å²) in [6, 6.07) is 12.9. The molecular weight excluding hydrogens is 272 g/mol. The van der Waals surface area contributed by atoms with Crippen LogP contribution in [0.15, 0.2) is 41.4 Å². The van der Waals surface area contributed by atoms with Gasteiger partial charge in [0.1, 0.15) is 11.9 Å². The van der Waals surface area contributed by atoms with E-state index in [1.54, 1.807) is 0 Å². The van der Waals surface area contributed by atoms with Crippen molar-refractivity contribution in [2.24, 2.45) is 4.99 Å². The highest BCUT2D eigenvalue weighted by Crippen LogP contribution is 2.41. The fourth-order valence-corrected chi connectivity index (χ4v) is 3.11. The molecule has 0 saturated heterocycles. The Morgan fingerprint density at radius 2 is 1.90 bits per heavy atom. The van der Waals surface area contributed by atoms with E-state index in [-0.39, 0.29) is 24.6 Å². The minimum Gasteiger partial charge on any atom is -0.369 e. The van der Waals surface area contributed by atoms with E-state index in [1.165, 1.54) is 21.9 Å². The third-order valence-electron chi connectivity index (χ3n) is 3.98. The van der Waals surface area contributed by atoms with Crippen molar-refractivity contribution in [2.45, 2.75) is 19.1 Å². The molecule has 2 unspecified atom stereocenters. The van der Waals surface area contributed by atoms with Crippen LogP contribution in [0.25, 0.3) is 10.8 Å². The lowest BCUT2D eigenvalue weighted by Crippen LogP contribution is -2.30. The van der Waals surface area contributed by atoms with Gasteiger partial charge >= 0.3 is 0 Å². The highest BCUT2D eigenvalue weighted by Gasteiger charge is 2.31. The summed E-state index contributed by atoms with van der Waals surface area (Å²) in [4.78, 5) is 4.53. The number of nitrogens with one attached hydrogen (secondary N) is 1. The average Bonchev–Trinajstić information content (AvgIpc) is 2.97. The summed E-state index contributed by atoms with van der Waals surface area (Å²) >= 11 is 0. The Morgan fingerprint density at radius 1 is 1.15 bits per heavy atom. The van der Waals surface area contributed by atoms with Crippen LogP contribution in [0.1, 0.15) is 30.3 Å². The van der Waals surface area contributed by atoms with E-state index >= 15 is 0 Å². The molecule has 4 heteroatoms. The van der Waals surface area contributed by atoms with Gasteiger partial charge in [0.2, 0.25) is 0 Å². The highest BCUT2D eigenvalue weighted by atomic mass is 35.5. The van der Waals surface area contributed by atoms with Crippen LogP contribution >= 0.6 is 12.4 Å². The second-order valence-corrected chi connectivity index (χ2v) is 5.14. The van der Waals surface area contributed by atoms with Crippen LogP contribution in [0, 0.1) is 0 Å². The molecule has 2 aromatic carbocycles. The molecule has 104 valence electrons. The summed E-state index contributed by atoms with van der Waals surface area (Å²) in [6.07, 6.45) is 0.0600. The van der Waals surface area contributed by atoms with Gasteiger partial charge in [-0.3, -0.25) is 4.99 Å². The van der Waals surface area contributed by atoms with Gasteiger partial charge in [-0.1, -0.05) is 36.4 Å². The maximum atomic E-state index is 6.19. The molecule has 2 aliphatic heterocycles. The lowest BCUT2D eigenvalue weighted by molar-refractivity contribution is 0.0280. The van der Waals surface area contributed by atoms with Crippen molar-refractivity contribution in [1.82, 2.24) is 5.32 Å². The minimum absolute atomic E-state index is 0. The van der Waals surface area contributed by atoms with Crippen LogP contribution in [0.5, 0.6) is 0 Å². The molecule has 3 nitrogen and oxygen atoms in total. The molecule has 2 aliphatic rings. The van der Waals surface area contributed by atoms with Crippen LogP contribution in [-0.2, 0) is 4.74 Å². The average molecular weight is 289 g/mol. The van der Waals surface area contributed by atoms with E-state index in [0.29, 0.717) is 0 Å². The summed E-state index contributed by atoms with van der Waals surface area (Å²) in [5.41, 5.74) is 2.52. The molecule has 0 amide bonds. The topological polar surface area (TPSA) is 33.6 Å². The van der Waals surface area contributed by atoms with Gasteiger partial charge in [0.05, 0.1) is 12.6 Å². The van der Waals surface area contributed by atoms with Crippen molar-refractivity contribution >= 4 is 29.0 Å². The molecule has 2 atom stereocenters. The second kappa shape index (κ2) is 5.08. The Bertz CT molecular complexity index is 678. The van der Waals surface area contributed by atoms with Crippen LogP contribution in [-0.4, -0.2) is 18.9 Å². The normalized spacial score (nSPS) is 23.9. The minimum atomic E-state index is -0.0453. The zero-order valence-corrected chi connectivity index (χ0v) is 12.1. The molecule has 0 spiro atoms.